The maximum Gasteiger partial charge on any atom is 0.392 e. The number of alkyl halides is 3. The summed E-state index contributed by atoms with van der Waals surface area (Å²) in [4.78, 5) is 25.4. The first kappa shape index (κ1) is 28.6. The number of aliphatic hydroxyl groups excluding tert-OH is 1. The van der Waals surface area contributed by atoms with Gasteiger partial charge in [-0.15, -0.1) is 0 Å². The molecule has 0 unspecified atom stereocenters. The Morgan fingerprint density at radius 3 is 2.61 bits per heavy atom. The number of hydrogen-bond donors (Lipinski definition) is 3. The Kier molecular flexibility index (Phi) is 10.2. The van der Waals surface area contributed by atoms with Crippen LogP contribution in [-0.4, -0.2) is 58.1 Å². The summed E-state index contributed by atoms with van der Waals surface area (Å²) in [5, 5.41) is 14.9. The lowest BCUT2D eigenvalue weighted by Crippen LogP contribution is -2.44. The van der Waals surface area contributed by atoms with Crippen molar-refractivity contribution in [2.24, 2.45) is 0 Å². The van der Waals surface area contributed by atoms with Crippen molar-refractivity contribution in [2.45, 2.75) is 50.4 Å². The second kappa shape index (κ2) is 13.6. The van der Waals surface area contributed by atoms with Gasteiger partial charge in [-0.3, -0.25) is 4.98 Å². The van der Waals surface area contributed by atoms with Crippen LogP contribution in [0.1, 0.15) is 32.1 Å². The van der Waals surface area contributed by atoms with E-state index in [0.29, 0.717) is 37.4 Å². The number of allylic oxidation sites excluding steroid dienone is 2. The molecule has 3 N–H and O–H groups in total. The third kappa shape index (κ3) is 8.58. The molecule has 1 saturated carbocycles. The van der Waals surface area contributed by atoms with Crippen LogP contribution >= 0.6 is 0 Å². The molecular weight excluding hydrogens is 503 g/mol. The van der Waals surface area contributed by atoms with Gasteiger partial charge in [0.1, 0.15) is 11.9 Å². The normalized spacial score (nSPS) is 18.7. The standard InChI is InChI=1S/C26H30F3N5O4/c1-3-21(23(37-2)18(16-35)10-12-26(27,28)29)33-25(36)32-19-6-8-20(9-7-19)38-22-11-14-31-24(34-22)17-5-4-13-30-15-17/h3-5,10-11,13-15,19-20,35H,1,6-9,12,16H2,2H3,(H2,32,33,36)/b18-10-,23-21-. The van der Waals surface area contributed by atoms with E-state index in [9.17, 15) is 23.1 Å². The van der Waals surface area contributed by atoms with Crippen LogP contribution < -0.4 is 15.4 Å². The highest BCUT2D eigenvalue weighted by atomic mass is 19.4. The maximum absolute atomic E-state index is 12.6. The van der Waals surface area contributed by atoms with Gasteiger partial charge in [-0.25, -0.2) is 9.78 Å². The molecule has 1 aliphatic rings. The van der Waals surface area contributed by atoms with E-state index in [2.05, 4.69) is 32.2 Å². The van der Waals surface area contributed by atoms with Crippen LogP contribution in [0, 0.1) is 0 Å². The molecule has 3 rings (SSSR count). The van der Waals surface area contributed by atoms with Crippen molar-refractivity contribution in [1.82, 2.24) is 25.6 Å². The fourth-order valence-electron chi connectivity index (χ4n) is 3.96. The summed E-state index contributed by atoms with van der Waals surface area (Å²) in [5.74, 6) is 0.871. The summed E-state index contributed by atoms with van der Waals surface area (Å²) in [6.07, 6.45) is 3.89. The molecule has 0 radical (unpaired) electrons. The highest BCUT2D eigenvalue weighted by molar-refractivity contribution is 5.77. The zero-order valence-electron chi connectivity index (χ0n) is 20.9. The van der Waals surface area contributed by atoms with Crippen LogP contribution in [0.15, 0.2) is 72.5 Å². The summed E-state index contributed by atoms with van der Waals surface area (Å²) in [7, 11) is 1.23. The van der Waals surface area contributed by atoms with Crippen LogP contribution in [0.2, 0.25) is 0 Å². The highest BCUT2D eigenvalue weighted by Gasteiger charge is 2.27. The fraction of sp³-hybridized carbons (Fsp3) is 0.385. The lowest BCUT2D eigenvalue weighted by Gasteiger charge is -2.29. The average Bonchev–Trinajstić information content (AvgIpc) is 2.91. The smallest absolute Gasteiger partial charge is 0.392 e. The Labute approximate surface area is 218 Å². The molecule has 38 heavy (non-hydrogen) atoms. The Morgan fingerprint density at radius 2 is 2.00 bits per heavy atom. The van der Waals surface area contributed by atoms with Gasteiger partial charge in [0.05, 0.1) is 25.8 Å². The van der Waals surface area contributed by atoms with E-state index in [1.165, 1.54) is 13.2 Å². The summed E-state index contributed by atoms with van der Waals surface area (Å²) < 4.78 is 49.0. The lowest BCUT2D eigenvalue weighted by atomic mass is 9.93. The predicted molar refractivity (Wildman–Crippen MR) is 134 cm³/mol. The first-order chi connectivity index (χ1) is 18.2. The lowest BCUT2D eigenvalue weighted by molar-refractivity contribution is -0.125. The molecule has 0 aromatic carbocycles. The Balaban J connectivity index is 1.54. The van der Waals surface area contributed by atoms with Gasteiger partial charge in [0.15, 0.2) is 5.82 Å². The molecular formula is C26H30F3N5O4. The van der Waals surface area contributed by atoms with Gasteiger partial charge in [0, 0.05) is 41.8 Å². The van der Waals surface area contributed by atoms with E-state index in [4.69, 9.17) is 9.47 Å². The number of amides is 2. The monoisotopic (exact) mass is 533 g/mol. The molecule has 2 amide bonds. The third-order valence-corrected chi connectivity index (χ3v) is 5.79. The number of urea groups is 1. The van der Waals surface area contributed by atoms with E-state index in [-0.39, 0.29) is 29.2 Å². The first-order valence-corrected chi connectivity index (χ1v) is 12.0. The molecule has 1 fully saturated rings. The first-order valence-electron chi connectivity index (χ1n) is 12.0. The van der Waals surface area contributed by atoms with Gasteiger partial charge in [-0.1, -0.05) is 12.7 Å². The quantitative estimate of drug-likeness (QED) is 0.305. The number of ether oxygens (including phenoxy) is 2. The maximum atomic E-state index is 12.6. The van der Waals surface area contributed by atoms with Gasteiger partial charge >= 0.3 is 12.2 Å². The van der Waals surface area contributed by atoms with Gasteiger partial charge in [-0.05, 0) is 43.9 Å². The number of halogens is 3. The minimum absolute atomic E-state index is 0.0395. The van der Waals surface area contributed by atoms with Crippen molar-refractivity contribution in [3.8, 4) is 17.3 Å². The SMILES string of the molecule is C=C/C(NC(=O)NC1CCC(Oc2ccnc(-c3cccnc3)n2)CC1)=C(OC)\C(=C/CC(F)(F)F)CO. The predicted octanol–water partition coefficient (Wildman–Crippen LogP) is 4.44. The number of hydrogen-bond acceptors (Lipinski definition) is 7. The number of nitrogens with one attached hydrogen (secondary N) is 2. The number of aromatic nitrogens is 3. The van der Waals surface area contributed by atoms with Crippen LogP contribution in [0.5, 0.6) is 5.88 Å². The van der Waals surface area contributed by atoms with Gasteiger partial charge < -0.3 is 25.2 Å². The second-order valence-corrected chi connectivity index (χ2v) is 8.51. The van der Waals surface area contributed by atoms with Crippen LogP contribution in [0.25, 0.3) is 11.4 Å². The summed E-state index contributed by atoms with van der Waals surface area (Å²) in [6, 6.07) is 4.65. The molecule has 0 bridgehead atoms. The zero-order valence-corrected chi connectivity index (χ0v) is 20.9. The van der Waals surface area contributed by atoms with Crippen LogP contribution in [-0.2, 0) is 4.74 Å². The molecule has 9 nitrogen and oxygen atoms in total. The highest BCUT2D eigenvalue weighted by Crippen LogP contribution is 2.25. The Morgan fingerprint density at radius 1 is 1.24 bits per heavy atom. The van der Waals surface area contributed by atoms with Crippen LogP contribution in [0.4, 0.5) is 18.0 Å². The number of methoxy groups -OCH3 is 1. The number of pyridine rings is 1. The summed E-state index contributed by atoms with van der Waals surface area (Å²) in [5.41, 5.74) is 0.704. The van der Waals surface area contributed by atoms with Crippen molar-refractivity contribution in [1.29, 1.82) is 0 Å². The van der Waals surface area contributed by atoms with E-state index in [1.807, 2.05) is 6.07 Å². The summed E-state index contributed by atoms with van der Waals surface area (Å²) in [6.45, 7) is 2.88. The van der Waals surface area contributed by atoms with Crippen LogP contribution in [0.3, 0.4) is 0 Å². The van der Waals surface area contributed by atoms with Gasteiger partial charge in [0.2, 0.25) is 5.88 Å². The molecule has 204 valence electrons. The van der Waals surface area contributed by atoms with E-state index in [1.54, 1.807) is 30.7 Å². The molecule has 2 heterocycles. The third-order valence-electron chi connectivity index (χ3n) is 5.79. The number of nitrogens with zero attached hydrogens (tertiary/aromatic N) is 3. The number of rotatable bonds is 10. The minimum Gasteiger partial charge on any atom is -0.494 e. The van der Waals surface area contributed by atoms with Crippen molar-refractivity contribution in [3.05, 3.63) is 72.5 Å². The Hall–Kier alpha value is -3.93. The van der Waals surface area contributed by atoms with Gasteiger partial charge in [0.25, 0.3) is 0 Å². The van der Waals surface area contributed by atoms with Crippen molar-refractivity contribution >= 4 is 6.03 Å². The van der Waals surface area contributed by atoms with Crippen molar-refractivity contribution in [3.63, 3.8) is 0 Å². The fourth-order valence-corrected chi connectivity index (χ4v) is 3.96. The molecule has 2 aromatic heterocycles. The topological polar surface area (TPSA) is 118 Å². The number of aliphatic hydroxyl groups is 1. The summed E-state index contributed by atoms with van der Waals surface area (Å²) >= 11 is 0. The molecule has 2 aromatic rings. The number of carbonyl (C=O) groups is 1. The van der Waals surface area contributed by atoms with E-state index in [0.717, 1.165) is 11.6 Å². The van der Waals surface area contributed by atoms with Crippen molar-refractivity contribution in [2.75, 3.05) is 13.7 Å². The second-order valence-electron chi connectivity index (χ2n) is 8.51. The molecule has 0 atom stereocenters. The Bertz CT molecular complexity index is 1150. The van der Waals surface area contributed by atoms with Crippen molar-refractivity contribution < 1.29 is 32.5 Å². The van der Waals surface area contributed by atoms with E-state index < -0.39 is 25.2 Å². The average molecular weight is 534 g/mol. The molecule has 0 saturated heterocycles. The molecule has 0 aliphatic heterocycles. The zero-order chi connectivity index (χ0) is 27.5. The number of carbonyl (C=O) groups excluding carboxylic acids is 1. The van der Waals surface area contributed by atoms with Gasteiger partial charge in [-0.2, -0.15) is 18.2 Å². The largest absolute Gasteiger partial charge is 0.494 e. The van der Waals surface area contributed by atoms with E-state index >= 15 is 0 Å². The molecule has 1 aliphatic carbocycles. The molecule has 0 spiro atoms. The molecule has 12 heteroatoms. The minimum atomic E-state index is -4.45.